The van der Waals surface area contributed by atoms with Gasteiger partial charge in [0.25, 0.3) is 5.56 Å². The van der Waals surface area contributed by atoms with E-state index in [0.717, 1.165) is 31.4 Å². The first-order valence-corrected chi connectivity index (χ1v) is 12.0. The van der Waals surface area contributed by atoms with Crippen molar-refractivity contribution < 1.29 is 4.79 Å². The molecule has 0 unspecified atom stereocenters. The Morgan fingerprint density at radius 1 is 1.09 bits per heavy atom. The monoisotopic (exact) mass is 476 g/mol. The second-order valence-electron chi connectivity index (χ2n) is 9.15. The van der Waals surface area contributed by atoms with Crippen molar-refractivity contribution in [1.29, 1.82) is 0 Å². The van der Waals surface area contributed by atoms with Crippen LogP contribution >= 0.6 is 0 Å². The number of anilines is 3. The van der Waals surface area contributed by atoms with E-state index in [4.69, 9.17) is 4.98 Å². The molecule has 1 aliphatic carbocycles. The molecule has 2 fully saturated rings. The van der Waals surface area contributed by atoms with Crippen LogP contribution in [0.3, 0.4) is 0 Å². The lowest BCUT2D eigenvalue weighted by molar-refractivity contribution is 0.101. The van der Waals surface area contributed by atoms with Crippen molar-refractivity contribution >= 4 is 34.3 Å². The number of rotatable bonds is 6. The van der Waals surface area contributed by atoms with Crippen LogP contribution in [0.5, 0.6) is 0 Å². The van der Waals surface area contributed by atoms with Crippen molar-refractivity contribution in [1.82, 2.24) is 24.5 Å². The molecule has 0 bridgehead atoms. The fraction of sp³-hybridized carbons (Fsp3) is 0.458. The summed E-state index contributed by atoms with van der Waals surface area (Å²) in [6, 6.07) is 3.83. The molecule has 1 saturated carbocycles. The zero-order valence-corrected chi connectivity index (χ0v) is 19.9. The van der Waals surface area contributed by atoms with E-state index in [1.807, 2.05) is 12.1 Å². The second kappa shape index (κ2) is 9.40. The van der Waals surface area contributed by atoms with Gasteiger partial charge in [-0.2, -0.15) is 4.98 Å². The van der Waals surface area contributed by atoms with E-state index in [-0.39, 0.29) is 22.9 Å². The number of carbonyl (C=O) groups excluding carboxylic acids is 1. The Bertz CT molecular complexity index is 1320. The third-order valence-electron chi connectivity index (χ3n) is 6.97. The predicted molar refractivity (Wildman–Crippen MR) is 133 cm³/mol. The van der Waals surface area contributed by atoms with Gasteiger partial charge in [0, 0.05) is 30.7 Å². The number of ketones is 1. The van der Waals surface area contributed by atoms with Gasteiger partial charge in [-0.1, -0.05) is 12.8 Å². The van der Waals surface area contributed by atoms with Gasteiger partial charge >= 0.3 is 0 Å². The molecule has 182 valence electrons. The lowest BCUT2D eigenvalue weighted by Gasteiger charge is -2.32. The Balaban J connectivity index is 1.45. The number of piperazine rings is 1. The first kappa shape index (κ1) is 22.9. The van der Waals surface area contributed by atoms with Crippen LogP contribution in [0, 0.1) is 11.8 Å². The first-order chi connectivity index (χ1) is 17.0. The SMILES string of the molecule is CC(=O)c1c(C)c2cnc(Nc3ccc(N4CCN(N=O)CC4)cn3)nc2n(C2CCCC2)c1=O. The third-order valence-corrected chi connectivity index (χ3v) is 6.97. The lowest BCUT2D eigenvalue weighted by Crippen LogP contribution is -2.43. The highest BCUT2D eigenvalue weighted by molar-refractivity contribution is 5.99. The average molecular weight is 477 g/mol. The highest BCUT2D eigenvalue weighted by atomic mass is 16.3. The van der Waals surface area contributed by atoms with E-state index in [9.17, 15) is 14.5 Å². The summed E-state index contributed by atoms with van der Waals surface area (Å²) in [4.78, 5) is 52.1. The number of hydrogen-bond donors (Lipinski definition) is 1. The summed E-state index contributed by atoms with van der Waals surface area (Å²) >= 11 is 0. The molecule has 0 atom stereocenters. The molecule has 1 aliphatic heterocycles. The number of Topliss-reactive ketones (excluding diaryl/α,β-unsaturated/α-hetero) is 1. The number of nitrogens with zero attached hydrogens (tertiary/aromatic N) is 7. The molecule has 35 heavy (non-hydrogen) atoms. The smallest absolute Gasteiger partial charge is 0.263 e. The fourth-order valence-electron chi connectivity index (χ4n) is 5.11. The third kappa shape index (κ3) is 4.33. The van der Waals surface area contributed by atoms with Gasteiger partial charge in [0.05, 0.1) is 35.8 Å². The maximum absolute atomic E-state index is 13.3. The van der Waals surface area contributed by atoms with Gasteiger partial charge in [-0.3, -0.25) is 19.2 Å². The van der Waals surface area contributed by atoms with Crippen LogP contribution in [-0.4, -0.2) is 56.5 Å². The van der Waals surface area contributed by atoms with Gasteiger partial charge in [-0.25, -0.2) is 9.97 Å². The normalized spacial score (nSPS) is 16.6. The number of pyridine rings is 2. The molecular weight excluding hydrogens is 448 g/mol. The van der Waals surface area contributed by atoms with E-state index >= 15 is 0 Å². The summed E-state index contributed by atoms with van der Waals surface area (Å²) in [5, 5.41) is 8.36. The predicted octanol–water partition coefficient (Wildman–Crippen LogP) is 3.36. The number of nitroso groups, excluding NO2 is 1. The summed E-state index contributed by atoms with van der Waals surface area (Å²) in [5.74, 6) is 0.675. The molecule has 3 aromatic heterocycles. The van der Waals surface area contributed by atoms with Crippen LogP contribution < -0.4 is 15.8 Å². The molecule has 1 saturated heterocycles. The van der Waals surface area contributed by atoms with Crippen molar-refractivity contribution in [3.05, 3.63) is 50.9 Å². The summed E-state index contributed by atoms with van der Waals surface area (Å²) in [6.45, 7) is 5.78. The quantitative estimate of drug-likeness (QED) is 0.421. The van der Waals surface area contributed by atoms with Gasteiger partial charge < -0.3 is 10.2 Å². The van der Waals surface area contributed by atoms with Crippen molar-refractivity contribution in [2.45, 2.75) is 45.6 Å². The summed E-state index contributed by atoms with van der Waals surface area (Å²) in [7, 11) is 0. The van der Waals surface area contributed by atoms with Crippen LogP contribution in [0.4, 0.5) is 17.5 Å². The van der Waals surface area contributed by atoms with Crippen molar-refractivity contribution in [2.75, 3.05) is 36.4 Å². The zero-order chi connectivity index (χ0) is 24.5. The molecule has 11 nitrogen and oxygen atoms in total. The Kier molecular flexibility index (Phi) is 6.14. The van der Waals surface area contributed by atoms with Gasteiger partial charge in [-0.15, -0.1) is 4.91 Å². The average Bonchev–Trinajstić information content (AvgIpc) is 3.39. The Morgan fingerprint density at radius 2 is 1.83 bits per heavy atom. The topological polar surface area (TPSA) is 126 Å². The summed E-state index contributed by atoms with van der Waals surface area (Å²) in [6.07, 6.45) is 7.33. The molecule has 5 rings (SSSR count). The molecule has 0 aromatic carbocycles. The van der Waals surface area contributed by atoms with E-state index in [2.05, 4.69) is 25.5 Å². The van der Waals surface area contributed by atoms with Gasteiger partial charge in [0.1, 0.15) is 11.5 Å². The molecular formula is C24H28N8O3. The number of aromatic nitrogens is 4. The molecule has 4 heterocycles. The van der Waals surface area contributed by atoms with E-state index in [1.54, 1.807) is 23.9 Å². The maximum Gasteiger partial charge on any atom is 0.263 e. The fourth-order valence-corrected chi connectivity index (χ4v) is 5.11. The van der Waals surface area contributed by atoms with Crippen molar-refractivity contribution in [3.63, 3.8) is 0 Å². The van der Waals surface area contributed by atoms with E-state index in [1.165, 1.54) is 11.9 Å². The minimum absolute atomic E-state index is 0.0266. The largest absolute Gasteiger partial charge is 0.367 e. The maximum atomic E-state index is 13.3. The second-order valence-corrected chi connectivity index (χ2v) is 9.15. The molecule has 0 radical (unpaired) electrons. The number of fused-ring (bicyclic) bond motifs is 1. The van der Waals surface area contributed by atoms with Crippen LogP contribution in [0.2, 0.25) is 0 Å². The molecule has 0 spiro atoms. The van der Waals surface area contributed by atoms with Gasteiger partial charge in [-0.05, 0) is 44.4 Å². The van der Waals surface area contributed by atoms with Crippen LogP contribution in [0.15, 0.2) is 34.6 Å². The van der Waals surface area contributed by atoms with Gasteiger partial charge in [0.15, 0.2) is 5.78 Å². The molecule has 2 aliphatic rings. The van der Waals surface area contributed by atoms with Gasteiger partial charge in [0.2, 0.25) is 5.95 Å². The standard InChI is InChI=1S/C24H28N8O3/c1-15-19-14-26-24(27-20-8-7-18(13-25-20)30-9-11-31(29-35)12-10-30)28-22(19)32(17-5-3-4-6-17)23(34)21(15)16(2)33/h7-8,13-14,17H,3-6,9-12H2,1-2H3,(H,25,26,27,28). The molecule has 0 amide bonds. The highest BCUT2D eigenvalue weighted by Gasteiger charge is 2.26. The Labute approximate surface area is 202 Å². The van der Waals surface area contributed by atoms with Crippen LogP contribution in [0.1, 0.15) is 54.6 Å². The van der Waals surface area contributed by atoms with Crippen LogP contribution in [0.25, 0.3) is 11.0 Å². The number of hydrogen-bond acceptors (Lipinski definition) is 9. The van der Waals surface area contributed by atoms with E-state index in [0.29, 0.717) is 54.5 Å². The Morgan fingerprint density at radius 3 is 2.46 bits per heavy atom. The number of carbonyl (C=O) groups is 1. The zero-order valence-electron chi connectivity index (χ0n) is 19.9. The number of aryl methyl sites for hydroxylation is 1. The summed E-state index contributed by atoms with van der Waals surface area (Å²) < 4.78 is 1.70. The summed E-state index contributed by atoms with van der Waals surface area (Å²) in [5.41, 5.74) is 2.07. The molecule has 1 N–H and O–H groups in total. The molecule has 11 heteroatoms. The number of nitrogens with one attached hydrogen (secondary N) is 1. The first-order valence-electron chi connectivity index (χ1n) is 12.0. The van der Waals surface area contributed by atoms with Crippen LogP contribution in [-0.2, 0) is 0 Å². The van der Waals surface area contributed by atoms with E-state index < -0.39 is 0 Å². The Hall–Kier alpha value is -3.89. The van der Waals surface area contributed by atoms with Crippen molar-refractivity contribution in [3.8, 4) is 0 Å². The minimum Gasteiger partial charge on any atom is -0.367 e. The van der Waals surface area contributed by atoms with Crippen molar-refractivity contribution in [2.24, 2.45) is 5.29 Å². The minimum atomic E-state index is -0.272. The highest BCUT2D eigenvalue weighted by Crippen LogP contribution is 2.32. The lowest BCUT2D eigenvalue weighted by atomic mass is 10.0. The molecule has 3 aromatic rings.